The van der Waals surface area contributed by atoms with Crippen LogP contribution in [0.3, 0.4) is 0 Å². The van der Waals surface area contributed by atoms with Crippen LogP contribution in [0.25, 0.3) is 0 Å². The van der Waals surface area contributed by atoms with Gasteiger partial charge < -0.3 is 39.4 Å². The molecule has 57 heavy (non-hydrogen) atoms. The van der Waals surface area contributed by atoms with E-state index in [9.17, 15) is 25.2 Å². The molecule has 0 amide bonds. The molecule has 0 aromatic heterocycles. The van der Waals surface area contributed by atoms with Gasteiger partial charge in [0.1, 0.15) is 30.5 Å². The minimum Gasteiger partial charge on any atom is -0.457 e. The van der Waals surface area contributed by atoms with Gasteiger partial charge in [0.05, 0.1) is 19.8 Å². The molecule has 0 aromatic carbocycles. The first-order valence-electron chi connectivity index (χ1n) is 23.9. The molecule has 1 heterocycles. The van der Waals surface area contributed by atoms with Crippen LogP contribution in [0.2, 0.25) is 0 Å². The third kappa shape index (κ3) is 31.2. The first-order chi connectivity index (χ1) is 27.9. The topological polar surface area (TPSA) is 135 Å². The van der Waals surface area contributed by atoms with Crippen molar-refractivity contribution in [1.82, 2.24) is 0 Å². The van der Waals surface area contributed by atoms with Crippen molar-refractivity contribution in [3.63, 3.8) is 0 Å². The number of unbranched alkanes of at least 4 members (excludes halogenated alkanes) is 26. The van der Waals surface area contributed by atoms with Crippen molar-refractivity contribution in [3.8, 4) is 0 Å². The van der Waals surface area contributed by atoms with Gasteiger partial charge in [0, 0.05) is 13.0 Å². The van der Waals surface area contributed by atoms with Crippen LogP contribution >= 0.6 is 0 Å². The highest BCUT2D eigenvalue weighted by atomic mass is 16.7. The third-order valence-electron chi connectivity index (χ3n) is 11.1. The first kappa shape index (κ1) is 53.7. The number of allylic oxidation sites excluding steroid dienone is 4. The average molecular weight is 811 g/mol. The molecule has 4 N–H and O–H groups in total. The summed E-state index contributed by atoms with van der Waals surface area (Å²) in [5.41, 5.74) is 0. The quantitative estimate of drug-likeness (QED) is 0.0270. The molecule has 0 spiro atoms. The largest absolute Gasteiger partial charge is 0.457 e. The predicted molar refractivity (Wildman–Crippen MR) is 233 cm³/mol. The zero-order valence-corrected chi connectivity index (χ0v) is 36.9. The van der Waals surface area contributed by atoms with E-state index in [-0.39, 0.29) is 19.2 Å². The summed E-state index contributed by atoms with van der Waals surface area (Å²) in [4.78, 5) is 12.8. The molecule has 0 saturated carbocycles. The van der Waals surface area contributed by atoms with Gasteiger partial charge in [-0.3, -0.25) is 4.79 Å². The van der Waals surface area contributed by atoms with Gasteiger partial charge in [0.15, 0.2) is 6.29 Å². The van der Waals surface area contributed by atoms with Crippen LogP contribution < -0.4 is 0 Å². The highest BCUT2D eigenvalue weighted by Crippen LogP contribution is 2.23. The van der Waals surface area contributed by atoms with Crippen molar-refractivity contribution in [2.45, 2.75) is 250 Å². The Hall–Kier alpha value is -1.33. The molecule has 0 aliphatic carbocycles. The van der Waals surface area contributed by atoms with Crippen LogP contribution in [0.15, 0.2) is 24.3 Å². The second-order valence-corrected chi connectivity index (χ2v) is 16.6. The lowest BCUT2D eigenvalue weighted by Crippen LogP contribution is -2.59. The molecular weight excluding hydrogens is 721 g/mol. The molecule has 336 valence electrons. The van der Waals surface area contributed by atoms with E-state index in [4.69, 9.17) is 18.9 Å². The van der Waals surface area contributed by atoms with Crippen molar-refractivity contribution < 1.29 is 44.2 Å². The molecule has 0 radical (unpaired) electrons. The zero-order valence-electron chi connectivity index (χ0n) is 36.9. The molecule has 1 rings (SSSR count). The molecule has 1 aliphatic heterocycles. The lowest BCUT2D eigenvalue weighted by Gasteiger charge is -2.39. The summed E-state index contributed by atoms with van der Waals surface area (Å²) >= 11 is 0. The number of hydrogen-bond donors (Lipinski definition) is 4. The normalized spacial score (nSPS) is 20.6. The monoisotopic (exact) mass is 811 g/mol. The number of carbonyl (C=O) groups is 1. The SMILES string of the molecule is CCCCCC/C=C\C/C=C\CCCCCCCCCCOCC(COC1OC(CO)C(O)C(O)C1O)OC(=O)CCCCCCCCCCCCCCCCC. The molecule has 1 fully saturated rings. The van der Waals surface area contributed by atoms with Crippen LogP contribution in [0.4, 0.5) is 0 Å². The number of esters is 1. The summed E-state index contributed by atoms with van der Waals surface area (Å²) < 4.78 is 22.9. The Bertz CT molecular complexity index is 926. The van der Waals surface area contributed by atoms with Crippen molar-refractivity contribution in [2.75, 3.05) is 26.4 Å². The molecule has 9 heteroatoms. The van der Waals surface area contributed by atoms with E-state index < -0.39 is 43.4 Å². The van der Waals surface area contributed by atoms with Crippen molar-refractivity contribution >= 4 is 5.97 Å². The Morgan fingerprint density at radius 1 is 0.561 bits per heavy atom. The number of hydrogen-bond acceptors (Lipinski definition) is 9. The summed E-state index contributed by atoms with van der Waals surface area (Å²) in [5.74, 6) is -0.313. The van der Waals surface area contributed by atoms with Crippen LogP contribution in [0.1, 0.15) is 213 Å². The molecule has 9 nitrogen and oxygen atoms in total. The van der Waals surface area contributed by atoms with E-state index in [0.29, 0.717) is 13.0 Å². The number of carbonyl (C=O) groups excluding carboxylic acids is 1. The summed E-state index contributed by atoms with van der Waals surface area (Å²) in [5, 5.41) is 40.1. The van der Waals surface area contributed by atoms with E-state index in [1.54, 1.807) is 0 Å². The first-order valence-corrected chi connectivity index (χ1v) is 23.9. The maximum Gasteiger partial charge on any atom is 0.306 e. The van der Waals surface area contributed by atoms with Crippen LogP contribution in [-0.4, -0.2) is 89.6 Å². The lowest BCUT2D eigenvalue weighted by atomic mass is 9.99. The zero-order chi connectivity index (χ0) is 41.4. The van der Waals surface area contributed by atoms with Gasteiger partial charge in [-0.2, -0.15) is 0 Å². The Labute approximate surface area is 349 Å². The van der Waals surface area contributed by atoms with E-state index in [1.807, 2.05) is 0 Å². The molecular formula is C48H90O9. The van der Waals surface area contributed by atoms with E-state index in [2.05, 4.69) is 38.2 Å². The summed E-state index contributed by atoms with van der Waals surface area (Å²) in [6.07, 6.45) is 39.1. The molecule has 0 bridgehead atoms. The van der Waals surface area contributed by atoms with Gasteiger partial charge in [-0.1, -0.05) is 186 Å². The Morgan fingerprint density at radius 3 is 1.53 bits per heavy atom. The fourth-order valence-corrected chi connectivity index (χ4v) is 7.35. The molecule has 6 atom stereocenters. The maximum atomic E-state index is 12.8. The highest BCUT2D eigenvalue weighted by Gasteiger charge is 2.44. The van der Waals surface area contributed by atoms with Gasteiger partial charge in [0.2, 0.25) is 0 Å². The summed E-state index contributed by atoms with van der Waals surface area (Å²) in [6.45, 7) is 4.56. The van der Waals surface area contributed by atoms with Crippen LogP contribution in [-0.2, 0) is 23.7 Å². The minimum absolute atomic E-state index is 0.112. The summed E-state index contributed by atoms with van der Waals surface area (Å²) in [6, 6.07) is 0. The number of rotatable bonds is 41. The van der Waals surface area contributed by atoms with Gasteiger partial charge in [-0.25, -0.2) is 0 Å². The average Bonchev–Trinajstić information content (AvgIpc) is 3.21. The fourth-order valence-electron chi connectivity index (χ4n) is 7.35. The maximum absolute atomic E-state index is 12.8. The fraction of sp³-hybridized carbons (Fsp3) is 0.896. The van der Waals surface area contributed by atoms with Crippen molar-refractivity contribution in [3.05, 3.63) is 24.3 Å². The Kier molecular flexibility index (Phi) is 37.8. The molecule has 6 unspecified atom stereocenters. The third-order valence-corrected chi connectivity index (χ3v) is 11.1. The van der Waals surface area contributed by atoms with Crippen molar-refractivity contribution in [2.24, 2.45) is 0 Å². The lowest BCUT2D eigenvalue weighted by molar-refractivity contribution is -0.305. The molecule has 0 aromatic rings. The molecule has 1 saturated heterocycles. The standard InChI is InChI=1S/C48H90O9/c1-3-5-7-9-11-13-15-17-19-20-21-22-24-26-28-30-32-34-36-38-54-40-42(41-55-48-47(53)46(52)45(51)43(39-49)57-48)56-44(50)37-35-33-31-29-27-25-23-18-16-14-12-10-8-6-4-2/h13,15,19-20,42-43,45-49,51-53H,3-12,14,16-18,21-41H2,1-2H3/b15-13-,20-19-. The van der Waals surface area contributed by atoms with Gasteiger partial charge in [-0.15, -0.1) is 0 Å². The van der Waals surface area contributed by atoms with E-state index in [1.165, 1.54) is 154 Å². The summed E-state index contributed by atoms with van der Waals surface area (Å²) in [7, 11) is 0. The highest BCUT2D eigenvalue weighted by molar-refractivity contribution is 5.69. The Balaban J connectivity index is 2.23. The van der Waals surface area contributed by atoms with E-state index in [0.717, 1.165) is 38.5 Å². The minimum atomic E-state index is -1.53. The number of ether oxygens (including phenoxy) is 4. The van der Waals surface area contributed by atoms with Gasteiger partial charge in [-0.05, 0) is 44.9 Å². The van der Waals surface area contributed by atoms with Crippen molar-refractivity contribution in [1.29, 1.82) is 0 Å². The molecule has 1 aliphatic rings. The Morgan fingerprint density at radius 2 is 1.02 bits per heavy atom. The van der Waals surface area contributed by atoms with Crippen LogP contribution in [0.5, 0.6) is 0 Å². The predicted octanol–water partition coefficient (Wildman–Crippen LogP) is 11.0. The number of aliphatic hydroxyl groups excluding tert-OH is 4. The van der Waals surface area contributed by atoms with Gasteiger partial charge in [0.25, 0.3) is 0 Å². The second kappa shape index (κ2) is 40.1. The van der Waals surface area contributed by atoms with Gasteiger partial charge >= 0.3 is 5.97 Å². The second-order valence-electron chi connectivity index (χ2n) is 16.6. The number of aliphatic hydroxyl groups is 4. The van der Waals surface area contributed by atoms with E-state index >= 15 is 0 Å². The smallest absolute Gasteiger partial charge is 0.306 e. The van der Waals surface area contributed by atoms with Crippen LogP contribution in [0, 0.1) is 0 Å².